The zero-order chi connectivity index (χ0) is 17.5. The summed E-state index contributed by atoms with van der Waals surface area (Å²) < 4.78 is 5.59. The Morgan fingerprint density at radius 2 is 1.80 bits per heavy atom. The van der Waals surface area contributed by atoms with Crippen LogP contribution < -0.4 is 9.64 Å². The van der Waals surface area contributed by atoms with E-state index in [0.717, 1.165) is 5.56 Å². The van der Waals surface area contributed by atoms with Crippen LogP contribution >= 0.6 is 11.6 Å². The molecule has 1 amide bonds. The van der Waals surface area contributed by atoms with Gasteiger partial charge < -0.3 is 4.74 Å². The number of pyridine rings is 1. The van der Waals surface area contributed by atoms with Gasteiger partial charge in [0.25, 0.3) is 5.91 Å². The third-order valence-corrected chi connectivity index (χ3v) is 3.80. The summed E-state index contributed by atoms with van der Waals surface area (Å²) in [5.41, 5.74) is 1.02. The van der Waals surface area contributed by atoms with Crippen molar-refractivity contribution in [3.05, 3.63) is 89.6 Å². The lowest BCUT2D eigenvalue weighted by molar-refractivity contribution is -0.120. The van der Waals surface area contributed by atoms with Crippen LogP contribution in [0.25, 0.3) is 0 Å². The van der Waals surface area contributed by atoms with Crippen LogP contribution in [0.4, 0.5) is 5.82 Å². The average molecular weight is 353 g/mol. The Hall–Kier alpha value is -2.85. The van der Waals surface area contributed by atoms with Gasteiger partial charge in [0.2, 0.25) is 0 Å². The second kappa shape index (κ2) is 8.31. The van der Waals surface area contributed by atoms with Crippen LogP contribution in [0.3, 0.4) is 0 Å². The summed E-state index contributed by atoms with van der Waals surface area (Å²) in [6, 6.07) is 22.2. The second-order valence-corrected chi connectivity index (χ2v) is 5.84. The van der Waals surface area contributed by atoms with E-state index in [4.69, 9.17) is 16.3 Å². The molecule has 2 aromatic carbocycles. The molecule has 5 heteroatoms. The monoisotopic (exact) mass is 352 g/mol. The van der Waals surface area contributed by atoms with Crippen LogP contribution in [0.1, 0.15) is 5.56 Å². The third kappa shape index (κ3) is 4.81. The summed E-state index contributed by atoms with van der Waals surface area (Å²) in [6.07, 6.45) is 1.67. The molecular weight excluding hydrogens is 336 g/mol. The molecule has 0 aliphatic carbocycles. The number of hydrogen-bond donors (Lipinski definition) is 0. The standard InChI is InChI=1S/C20H17ClN2O2/c21-17-9-6-10-18(13-17)25-15-20(24)23(19-11-4-5-12-22-19)14-16-7-2-1-3-8-16/h1-13H,14-15H2. The van der Waals surface area contributed by atoms with Crippen LogP contribution in [0.2, 0.25) is 5.02 Å². The Kier molecular flexibility index (Phi) is 5.65. The molecule has 0 atom stereocenters. The number of aromatic nitrogens is 1. The molecule has 0 fully saturated rings. The zero-order valence-corrected chi connectivity index (χ0v) is 14.3. The van der Waals surface area contributed by atoms with Crippen molar-refractivity contribution in [2.24, 2.45) is 0 Å². The number of ether oxygens (including phenoxy) is 1. The van der Waals surface area contributed by atoms with Gasteiger partial charge in [0.05, 0.1) is 6.54 Å². The number of halogens is 1. The number of amides is 1. The Balaban J connectivity index is 1.75. The number of benzene rings is 2. The lowest BCUT2D eigenvalue weighted by atomic mass is 10.2. The first-order valence-electron chi connectivity index (χ1n) is 7.86. The van der Waals surface area contributed by atoms with Crippen molar-refractivity contribution in [1.29, 1.82) is 0 Å². The molecule has 0 bridgehead atoms. The van der Waals surface area contributed by atoms with Crippen molar-refractivity contribution in [3.63, 3.8) is 0 Å². The van der Waals surface area contributed by atoms with Gasteiger partial charge >= 0.3 is 0 Å². The fourth-order valence-electron chi connectivity index (χ4n) is 2.36. The molecule has 4 nitrogen and oxygen atoms in total. The molecule has 126 valence electrons. The first-order chi connectivity index (χ1) is 12.2. The normalized spacial score (nSPS) is 10.3. The predicted molar refractivity (Wildman–Crippen MR) is 98.8 cm³/mol. The van der Waals surface area contributed by atoms with Crippen LogP contribution in [-0.4, -0.2) is 17.5 Å². The zero-order valence-electron chi connectivity index (χ0n) is 13.5. The smallest absolute Gasteiger partial charge is 0.266 e. The largest absolute Gasteiger partial charge is 0.484 e. The number of hydrogen-bond acceptors (Lipinski definition) is 3. The first-order valence-corrected chi connectivity index (χ1v) is 8.24. The van der Waals surface area contributed by atoms with Crippen LogP contribution in [-0.2, 0) is 11.3 Å². The van der Waals surface area contributed by atoms with Crippen molar-refractivity contribution < 1.29 is 9.53 Å². The lowest BCUT2D eigenvalue weighted by Crippen LogP contribution is -2.35. The molecule has 0 N–H and O–H groups in total. The van der Waals surface area contributed by atoms with E-state index in [0.29, 0.717) is 23.1 Å². The minimum atomic E-state index is -0.178. The van der Waals surface area contributed by atoms with E-state index in [2.05, 4.69) is 4.98 Å². The Bertz CT molecular complexity index is 825. The van der Waals surface area contributed by atoms with E-state index < -0.39 is 0 Å². The molecule has 0 aliphatic rings. The van der Waals surface area contributed by atoms with E-state index in [1.54, 1.807) is 41.4 Å². The molecule has 0 unspecified atom stereocenters. The van der Waals surface area contributed by atoms with Gasteiger partial charge in [0.1, 0.15) is 11.6 Å². The average Bonchev–Trinajstić information content (AvgIpc) is 2.66. The Morgan fingerprint density at radius 1 is 1.00 bits per heavy atom. The van der Waals surface area contributed by atoms with Gasteiger partial charge in [-0.3, -0.25) is 9.69 Å². The van der Waals surface area contributed by atoms with Crippen molar-refractivity contribution in [3.8, 4) is 5.75 Å². The molecule has 1 aromatic heterocycles. The predicted octanol–water partition coefficient (Wildman–Crippen LogP) is 4.35. The highest BCUT2D eigenvalue weighted by Crippen LogP contribution is 2.18. The molecule has 0 saturated carbocycles. The van der Waals surface area contributed by atoms with Gasteiger partial charge in [-0.1, -0.05) is 54.1 Å². The van der Waals surface area contributed by atoms with Crippen molar-refractivity contribution >= 4 is 23.3 Å². The number of carbonyl (C=O) groups is 1. The molecule has 25 heavy (non-hydrogen) atoms. The van der Waals surface area contributed by atoms with Gasteiger partial charge in [-0.05, 0) is 35.9 Å². The maximum Gasteiger partial charge on any atom is 0.266 e. The Labute approximate surface area is 151 Å². The molecule has 3 aromatic rings. The maximum atomic E-state index is 12.7. The molecule has 3 rings (SSSR count). The van der Waals surface area contributed by atoms with Crippen molar-refractivity contribution in [2.75, 3.05) is 11.5 Å². The minimum absolute atomic E-state index is 0.0935. The lowest BCUT2D eigenvalue weighted by Gasteiger charge is -2.22. The number of carbonyl (C=O) groups excluding carboxylic acids is 1. The summed E-state index contributed by atoms with van der Waals surface area (Å²) in [5.74, 6) is 0.968. The molecule has 0 spiro atoms. The number of rotatable bonds is 6. The second-order valence-electron chi connectivity index (χ2n) is 5.40. The van der Waals surface area contributed by atoms with E-state index >= 15 is 0 Å². The molecule has 0 radical (unpaired) electrons. The van der Waals surface area contributed by atoms with Crippen LogP contribution in [0, 0.1) is 0 Å². The number of anilines is 1. The topological polar surface area (TPSA) is 42.4 Å². The quantitative estimate of drug-likeness (QED) is 0.662. The highest BCUT2D eigenvalue weighted by atomic mass is 35.5. The summed E-state index contributed by atoms with van der Waals surface area (Å²) >= 11 is 5.94. The molecular formula is C20H17ClN2O2. The van der Waals surface area contributed by atoms with E-state index in [1.807, 2.05) is 42.5 Å². The molecule has 0 saturated heterocycles. The van der Waals surface area contributed by atoms with Gasteiger partial charge in [-0.2, -0.15) is 0 Å². The fourth-order valence-corrected chi connectivity index (χ4v) is 2.54. The van der Waals surface area contributed by atoms with Gasteiger partial charge in [0, 0.05) is 11.2 Å². The number of nitrogens with zero attached hydrogens (tertiary/aromatic N) is 2. The fraction of sp³-hybridized carbons (Fsp3) is 0.100. The SMILES string of the molecule is O=C(COc1cccc(Cl)c1)N(Cc1ccccc1)c1ccccn1. The van der Waals surface area contributed by atoms with Crippen LogP contribution in [0.5, 0.6) is 5.75 Å². The van der Waals surface area contributed by atoms with Gasteiger partial charge in [-0.25, -0.2) is 4.98 Å². The summed E-state index contributed by atoms with van der Waals surface area (Å²) in [5, 5.41) is 0.566. The summed E-state index contributed by atoms with van der Waals surface area (Å²) in [6.45, 7) is 0.333. The molecule has 1 heterocycles. The maximum absolute atomic E-state index is 12.7. The minimum Gasteiger partial charge on any atom is -0.484 e. The van der Waals surface area contributed by atoms with Crippen LogP contribution in [0.15, 0.2) is 79.0 Å². The van der Waals surface area contributed by atoms with E-state index in [1.165, 1.54) is 0 Å². The van der Waals surface area contributed by atoms with Gasteiger partial charge in [-0.15, -0.1) is 0 Å². The van der Waals surface area contributed by atoms with Crippen molar-refractivity contribution in [1.82, 2.24) is 4.98 Å². The Morgan fingerprint density at radius 3 is 2.52 bits per heavy atom. The molecule has 0 aliphatic heterocycles. The van der Waals surface area contributed by atoms with Crippen molar-refractivity contribution in [2.45, 2.75) is 6.54 Å². The third-order valence-electron chi connectivity index (χ3n) is 3.57. The van der Waals surface area contributed by atoms with E-state index in [9.17, 15) is 4.79 Å². The summed E-state index contributed by atoms with van der Waals surface area (Å²) in [7, 11) is 0. The van der Waals surface area contributed by atoms with Gasteiger partial charge in [0.15, 0.2) is 6.61 Å². The summed E-state index contributed by atoms with van der Waals surface area (Å²) in [4.78, 5) is 18.6. The van der Waals surface area contributed by atoms with E-state index in [-0.39, 0.29) is 12.5 Å². The first kappa shape index (κ1) is 17.0. The highest BCUT2D eigenvalue weighted by molar-refractivity contribution is 6.30. The highest BCUT2D eigenvalue weighted by Gasteiger charge is 2.18.